The molecule has 4 nitrogen and oxygen atoms in total. The predicted octanol–water partition coefficient (Wildman–Crippen LogP) is 1.92. The third-order valence-corrected chi connectivity index (χ3v) is 3.17. The number of hydrogen-bond donors (Lipinski definition) is 0. The van der Waals surface area contributed by atoms with E-state index in [1.807, 2.05) is 6.92 Å². The Bertz CT molecular complexity index is 490. The van der Waals surface area contributed by atoms with Crippen LogP contribution < -0.4 is 0 Å². The second kappa shape index (κ2) is 4.20. The summed E-state index contributed by atoms with van der Waals surface area (Å²) in [4.78, 5) is 23.1. The zero-order valence-corrected chi connectivity index (χ0v) is 10.1. The average Bonchev–Trinajstić information content (AvgIpc) is 2.34. The van der Waals surface area contributed by atoms with Crippen LogP contribution in [-0.4, -0.2) is 26.2 Å². The Morgan fingerprint density at radius 3 is 2.18 bits per heavy atom. The number of carbonyl (C=O) groups is 2. The number of methoxy groups -OCH3 is 2. The quantitative estimate of drug-likeness (QED) is 0.733. The van der Waals surface area contributed by atoms with E-state index in [-0.39, 0.29) is 17.9 Å². The summed E-state index contributed by atoms with van der Waals surface area (Å²) in [5.41, 5.74) is 2.93. The van der Waals surface area contributed by atoms with Gasteiger partial charge in [-0.25, -0.2) is 9.59 Å². The Balaban J connectivity index is 2.52. The van der Waals surface area contributed by atoms with Crippen molar-refractivity contribution in [2.45, 2.75) is 19.3 Å². The SMILES string of the molecule is COC(=O)c1ccc(C(=O)OC)c2c1CC2C. The molecule has 1 aliphatic rings. The molecular formula is C13H14O4. The summed E-state index contributed by atoms with van der Waals surface area (Å²) in [7, 11) is 2.71. The van der Waals surface area contributed by atoms with Crippen LogP contribution in [0.3, 0.4) is 0 Å². The van der Waals surface area contributed by atoms with Gasteiger partial charge in [0.2, 0.25) is 0 Å². The van der Waals surface area contributed by atoms with E-state index in [0.29, 0.717) is 11.1 Å². The third kappa shape index (κ3) is 1.69. The molecule has 17 heavy (non-hydrogen) atoms. The van der Waals surface area contributed by atoms with Gasteiger partial charge in [0.05, 0.1) is 25.3 Å². The standard InChI is InChI=1S/C13H14O4/c1-7-6-10-8(12(14)16-2)4-5-9(11(7)10)13(15)17-3/h4-5,7H,6H2,1-3H3. The first-order valence-corrected chi connectivity index (χ1v) is 5.42. The van der Waals surface area contributed by atoms with E-state index >= 15 is 0 Å². The highest BCUT2D eigenvalue weighted by molar-refractivity contribution is 5.97. The lowest BCUT2D eigenvalue weighted by Crippen LogP contribution is -2.24. The summed E-state index contributed by atoms with van der Waals surface area (Å²) in [5.74, 6) is -0.433. The smallest absolute Gasteiger partial charge is 0.338 e. The van der Waals surface area contributed by atoms with E-state index in [0.717, 1.165) is 17.5 Å². The Morgan fingerprint density at radius 2 is 1.65 bits per heavy atom. The van der Waals surface area contributed by atoms with Crippen molar-refractivity contribution in [1.29, 1.82) is 0 Å². The fraction of sp³-hybridized carbons (Fsp3) is 0.385. The number of ether oxygens (including phenoxy) is 2. The van der Waals surface area contributed by atoms with E-state index in [4.69, 9.17) is 9.47 Å². The summed E-state index contributed by atoms with van der Waals surface area (Å²) in [6.07, 6.45) is 0.796. The average molecular weight is 234 g/mol. The van der Waals surface area contributed by atoms with Crippen LogP contribution in [0.2, 0.25) is 0 Å². The maximum atomic E-state index is 11.6. The van der Waals surface area contributed by atoms with E-state index in [1.165, 1.54) is 14.2 Å². The molecule has 0 bridgehead atoms. The lowest BCUT2D eigenvalue weighted by molar-refractivity contribution is 0.0582. The van der Waals surface area contributed by atoms with Crippen molar-refractivity contribution in [2.24, 2.45) is 0 Å². The van der Waals surface area contributed by atoms with Crippen LogP contribution >= 0.6 is 0 Å². The van der Waals surface area contributed by atoms with Gasteiger partial charge in [-0.05, 0) is 35.6 Å². The molecular weight excluding hydrogens is 220 g/mol. The molecule has 0 fully saturated rings. The van der Waals surface area contributed by atoms with Crippen LogP contribution in [0.4, 0.5) is 0 Å². The van der Waals surface area contributed by atoms with E-state index in [1.54, 1.807) is 12.1 Å². The van der Waals surface area contributed by atoms with Crippen LogP contribution in [0.25, 0.3) is 0 Å². The van der Waals surface area contributed by atoms with Crippen LogP contribution in [0.1, 0.15) is 44.7 Å². The maximum absolute atomic E-state index is 11.6. The number of rotatable bonds is 2. The molecule has 0 aromatic heterocycles. The van der Waals surface area contributed by atoms with Gasteiger partial charge in [-0.2, -0.15) is 0 Å². The first-order chi connectivity index (χ1) is 8.10. The van der Waals surface area contributed by atoms with Gasteiger partial charge < -0.3 is 9.47 Å². The summed E-state index contributed by atoms with van der Waals surface area (Å²) >= 11 is 0. The molecule has 0 radical (unpaired) electrons. The molecule has 0 aliphatic heterocycles. The molecule has 4 heteroatoms. The number of benzene rings is 1. The predicted molar refractivity (Wildman–Crippen MR) is 61.2 cm³/mol. The summed E-state index contributed by atoms with van der Waals surface area (Å²) in [6, 6.07) is 3.26. The van der Waals surface area contributed by atoms with Crippen molar-refractivity contribution in [3.63, 3.8) is 0 Å². The minimum Gasteiger partial charge on any atom is -0.465 e. The first kappa shape index (κ1) is 11.6. The lowest BCUT2D eigenvalue weighted by Gasteiger charge is -2.30. The minimum atomic E-state index is -0.357. The highest BCUT2D eigenvalue weighted by Crippen LogP contribution is 2.40. The van der Waals surface area contributed by atoms with Gasteiger partial charge in [-0.1, -0.05) is 6.92 Å². The second-order valence-corrected chi connectivity index (χ2v) is 4.14. The summed E-state index contributed by atoms with van der Waals surface area (Å²) < 4.78 is 9.44. The lowest BCUT2D eigenvalue weighted by atomic mass is 9.73. The molecule has 0 spiro atoms. The Hall–Kier alpha value is -1.84. The van der Waals surface area contributed by atoms with Crippen LogP contribution in [0.15, 0.2) is 12.1 Å². The maximum Gasteiger partial charge on any atom is 0.338 e. The van der Waals surface area contributed by atoms with Crippen molar-refractivity contribution in [2.75, 3.05) is 14.2 Å². The van der Waals surface area contributed by atoms with Gasteiger partial charge in [-0.15, -0.1) is 0 Å². The molecule has 0 saturated carbocycles. The van der Waals surface area contributed by atoms with Crippen molar-refractivity contribution in [3.05, 3.63) is 34.4 Å². The van der Waals surface area contributed by atoms with Crippen LogP contribution in [0.5, 0.6) is 0 Å². The molecule has 0 amide bonds. The Kier molecular flexibility index (Phi) is 2.88. The van der Waals surface area contributed by atoms with E-state index in [2.05, 4.69) is 0 Å². The van der Waals surface area contributed by atoms with Crippen molar-refractivity contribution >= 4 is 11.9 Å². The molecule has 0 N–H and O–H groups in total. The summed E-state index contributed by atoms with van der Waals surface area (Å²) in [6.45, 7) is 2.02. The van der Waals surface area contributed by atoms with Crippen molar-refractivity contribution in [1.82, 2.24) is 0 Å². The first-order valence-electron chi connectivity index (χ1n) is 5.42. The largest absolute Gasteiger partial charge is 0.465 e. The molecule has 1 aliphatic carbocycles. The molecule has 0 saturated heterocycles. The Morgan fingerprint density at radius 1 is 1.12 bits per heavy atom. The van der Waals surface area contributed by atoms with Gasteiger partial charge in [0.1, 0.15) is 0 Å². The molecule has 1 aromatic rings. The Labute approximate surface area is 99.5 Å². The monoisotopic (exact) mass is 234 g/mol. The molecule has 2 rings (SSSR count). The van der Waals surface area contributed by atoms with Gasteiger partial charge >= 0.3 is 11.9 Å². The van der Waals surface area contributed by atoms with Crippen molar-refractivity contribution < 1.29 is 19.1 Å². The topological polar surface area (TPSA) is 52.6 Å². The zero-order chi connectivity index (χ0) is 12.6. The van der Waals surface area contributed by atoms with E-state index < -0.39 is 0 Å². The number of esters is 2. The normalized spacial score (nSPS) is 16.8. The molecule has 1 atom stereocenters. The van der Waals surface area contributed by atoms with Gasteiger partial charge in [-0.3, -0.25) is 0 Å². The summed E-state index contributed by atoms with van der Waals surface area (Å²) in [5, 5.41) is 0. The fourth-order valence-corrected chi connectivity index (χ4v) is 2.31. The molecule has 90 valence electrons. The highest BCUT2D eigenvalue weighted by Gasteiger charge is 2.32. The van der Waals surface area contributed by atoms with Gasteiger partial charge in [0.15, 0.2) is 0 Å². The fourth-order valence-electron chi connectivity index (χ4n) is 2.31. The van der Waals surface area contributed by atoms with Crippen molar-refractivity contribution in [3.8, 4) is 0 Å². The molecule has 0 heterocycles. The highest BCUT2D eigenvalue weighted by atomic mass is 16.5. The zero-order valence-electron chi connectivity index (χ0n) is 10.1. The van der Waals surface area contributed by atoms with E-state index in [9.17, 15) is 9.59 Å². The number of hydrogen-bond acceptors (Lipinski definition) is 4. The van der Waals surface area contributed by atoms with Gasteiger partial charge in [0.25, 0.3) is 0 Å². The van der Waals surface area contributed by atoms with Gasteiger partial charge in [0, 0.05) is 0 Å². The number of carbonyl (C=O) groups excluding carboxylic acids is 2. The molecule has 1 unspecified atom stereocenters. The van der Waals surface area contributed by atoms with Crippen LogP contribution in [-0.2, 0) is 15.9 Å². The minimum absolute atomic E-state index is 0.281. The second-order valence-electron chi connectivity index (χ2n) is 4.14. The third-order valence-electron chi connectivity index (χ3n) is 3.17. The van der Waals surface area contributed by atoms with Crippen LogP contribution in [0, 0.1) is 0 Å². The number of fused-ring (bicyclic) bond motifs is 1. The molecule has 1 aromatic carbocycles.